The minimum Gasteiger partial charge on any atom is -0.494 e. The van der Waals surface area contributed by atoms with Crippen molar-refractivity contribution in [1.82, 2.24) is 0 Å². The second kappa shape index (κ2) is 26.6. The van der Waals surface area contributed by atoms with Gasteiger partial charge in [-0.05, 0) is 193 Å². The van der Waals surface area contributed by atoms with Crippen LogP contribution in [0.3, 0.4) is 0 Å². The zero-order valence-corrected chi connectivity index (χ0v) is 40.8. The topological polar surface area (TPSA) is 167 Å². The fourth-order valence-electron chi connectivity index (χ4n) is 9.06. The average Bonchev–Trinajstić information content (AvgIpc) is 4.34. The van der Waals surface area contributed by atoms with Crippen molar-refractivity contribution >= 4 is 23.9 Å². The Kier molecular flexibility index (Phi) is 19.3. The minimum atomic E-state index is -0.761. The monoisotopic (exact) mass is 976 g/mol. The molecule has 4 fully saturated rings. The van der Waals surface area contributed by atoms with E-state index in [2.05, 4.69) is 0 Å². The Hall–Kier alpha value is -5.80. The van der Waals surface area contributed by atoms with Crippen LogP contribution in [-0.4, -0.2) is 101 Å². The number of hydrogen-bond donors (Lipinski definition) is 0. The van der Waals surface area contributed by atoms with E-state index >= 15 is 0 Å². The first-order valence-corrected chi connectivity index (χ1v) is 25.7. The number of ether oxygens (including phenoxy) is 10. The third-order valence-corrected chi connectivity index (χ3v) is 13.4. The van der Waals surface area contributed by atoms with E-state index in [1.807, 2.05) is 0 Å². The number of carbonyl (C=O) groups excluding carboxylic acids is 4. The van der Waals surface area contributed by atoms with E-state index < -0.39 is 30.0 Å². The molecule has 4 aromatic carbocycles. The summed E-state index contributed by atoms with van der Waals surface area (Å²) in [6.07, 6.45) is 16.7. The van der Waals surface area contributed by atoms with Crippen LogP contribution in [-0.2, 0) is 28.4 Å². The highest BCUT2D eigenvalue weighted by Crippen LogP contribution is 2.40. The van der Waals surface area contributed by atoms with E-state index in [1.54, 1.807) is 55.5 Å². The van der Waals surface area contributed by atoms with Gasteiger partial charge in [-0.1, -0.05) is 12.8 Å². The van der Waals surface area contributed by atoms with Gasteiger partial charge in [-0.2, -0.15) is 0 Å². The summed E-state index contributed by atoms with van der Waals surface area (Å²) >= 11 is 0. The molecular formula is C57H68O14. The van der Waals surface area contributed by atoms with Crippen LogP contribution in [0.2, 0.25) is 0 Å². The van der Waals surface area contributed by atoms with Crippen LogP contribution in [0.1, 0.15) is 138 Å². The van der Waals surface area contributed by atoms with Crippen LogP contribution in [0, 0.1) is 11.8 Å². The Morgan fingerprint density at radius 1 is 0.451 bits per heavy atom. The third kappa shape index (κ3) is 16.9. The lowest BCUT2D eigenvalue weighted by atomic mass is 9.90. The largest absolute Gasteiger partial charge is 0.494 e. The zero-order valence-electron chi connectivity index (χ0n) is 40.8. The zero-order chi connectivity index (χ0) is 49.2. The molecule has 14 nitrogen and oxygen atoms in total. The van der Waals surface area contributed by atoms with Gasteiger partial charge in [-0.3, -0.25) is 0 Å². The summed E-state index contributed by atoms with van der Waals surface area (Å²) in [5.41, 5.74) is 1.17. The lowest BCUT2D eigenvalue weighted by molar-refractivity contribution is 0.00447. The molecule has 7 atom stereocenters. The highest BCUT2D eigenvalue weighted by Gasteiger charge is 2.44. The van der Waals surface area contributed by atoms with Crippen LogP contribution in [0.25, 0.3) is 0 Å². The third-order valence-electron chi connectivity index (χ3n) is 13.4. The molecule has 14 heteroatoms. The summed E-state index contributed by atoms with van der Waals surface area (Å²) in [4.78, 5) is 51.2. The molecule has 2 saturated carbocycles. The van der Waals surface area contributed by atoms with Crippen LogP contribution >= 0.6 is 0 Å². The van der Waals surface area contributed by atoms with E-state index in [-0.39, 0.29) is 29.2 Å². The predicted octanol–water partition coefficient (Wildman–Crippen LogP) is 10.6. The summed E-state index contributed by atoms with van der Waals surface area (Å²) in [6.45, 7) is 5.89. The SMILES string of the molecule is CC(COC(=O)c1ccc(OC(=O)c2ccc(OCCCCCCOCC3CCC4OC4C3)cc2)cc1)OC(=O)c1ccc(OC(=O)c2ccc(OCCCCCCOCC3CCC4OC4C3)cc2)cc1. The number of carbonyl (C=O) groups is 4. The maximum atomic E-state index is 12.8. The molecule has 4 aliphatic rings. The summed E-state index contributed by atoms with van der Waals surface area (Å²) in [5, 5.41) is 0. The molecule has 0 N–H and O–H groups in total. The van der Waals surface area contributed by atoms with Crippen molar-refractivity contribution in [3.63, 3.8) is 0 Å². The number of epoxide rings is 2. The van der Waals surface area contributed by atoms with Crippen LogP contribution in [0.4, 0.5) is 0 Å². The van der Waals surface area contributed by atoms with Crippen molar-refractivity contribution < 1.29 is 66.5 Å². The fourth-order valence-corrected chi connectivity index (χ4v) is 9.06. The second-order valence-electron chi connectivity index (χ2n) is 19.2. The van der Waals surface area contributed by atoms with E-state index in [0.717, 1.165) is 90.6 Å². The Morgan fingerprint density at radius 2 is 0.831 bits per heavy atom. The van der Waals surface area contributed by atoms with Crippen molar-refractivity contribution in [3.05, 3.63) is 119 Å². The lowest BCUT2D eigenvalue weighted by Gasteiger charge is -2.18. The molecule has 0 radical (unpaired) electrons. The van der Waals surface area contributed by atoms with Crippen LogP contribution in [0.15, 0.2) is 97.1 Å². The average molecular weight is 977 g/mol. The minimum absolute atomic E-state index is 0.193. The molecular weight excluding hydrogens is 909 g/mol. The van der Waals surface area contributed by atoms with Crippen LogP contribution in [0.5, 0.6) is 23.0 Å². The molecule has 2 aliphatic heterocycles. The van der Waals surface area contributed by atoms with Crippen molar-refractivity contribution in [3.8, 4) is 23.0 Å². The Morgan fingerprint density at radius 3 is 1.25 bits per heavy atom. The molecule has 0 amide bonds. The van der Waals surface area contributed by atoms with Crippen molar-refractivity contribution in [2.75, 3.05) is 46.2 Å². The molecule has 2 heterocycles. The Balaban J connectivity index is 0.641. The molecule has 4 aromatic rings. The molecule has 2 saturated heterocycles. The number of hydrogen-bond acceptors (Lipinski definition) is 14. The molecule has 0 spiro atoms. The molecule has 2 aliphatic carbocycles. The summed E-state index contributed by atoms with van der Waals surface area (Å²) < 4.78 is 56.6. The number of benzene rings is 4. The quantitative estimate of drug-likeness (QED) is 0.0218. The maximum Gasteiger partial charge on any atom is 0.343 e. The van der Waals surface area contributed by atoms with E-state index in [0.29, 0.717) is 72.1 Å². The van der Waals surface area contributed by atoms with Gasteiger partial charge in [0.1, 0.15) is 35.7 Å². The molecule has 380 valence electrons. The van der Waals surface area contributed by atoms with E-state index in [4.69, 9.17) is 47.4 Å². The number of rotatable bonds is 29. The first-order chi connectivity index (χ1) is 34.7. The van der Waals surface area contributed by atoms with Gasteiger partial charge in [0.15, 0.2) is 0 Å². The van der Waals surface area contributed by atoms with E-state index in [9.17, 15) is 19.2 Å². The van der Waals surface area contributed by atoms with Gasteiger partial charge in [0.2, 0.25) is 0 Å². The van der Waals surface area contributed by atoms with Gasteiger partial charge in [-0.15, -0.1) is 0 Å². The Bertz CT molecular complexity index is 2300. The molecule has 0 aromatic heterocycles. The highest BCUT2D eigenvalue weighted by molar-refractivity contribution is 5.93. The van der Waals surface area contributed by atoms with Crippen LogP contribution < -0.4 is 18.9 Å². The van der Waals surface area contributed by atoms with Gasteiger partial charge in [0, 0.05) is 26.4 Å². The Labute approximate surface area is 416 Å². The van der Waals surface area contributed by atoms with Gasteiger partial charge < -0.3 is 47.4 Å². The lowest BCUT2D eigenvalue weighted by Crippen LogP contribution is -2.22. The van der Waals surface area contributed by atoms with E-state index in [1.165, 1.54) is 74.2 Å². The van der Waals surface area contributed by atoms with Crippen molar-refractivity contribution in [2.45, 2.75) is 127 Å². The molecule has 7 unspecified atom stereocenters. The first-order valence-electron chi connectivity index (χ1n) is 25.7. The number of unbranched alkanes of at least 4 members (excludes halogenated alkanes) is 6. The van der Waals surface area contributed by atoms with Gasteiger partial charge in [-0.25, -0.2) is 19.2 Å². The standard InChI is InChI=1S/C57H68O14/c1-39(67-55(59)43-18-26-49(27-19-43)69-57(61)45-14-22-47(23-15-45)65-33-9-5-3-7-31-63-38-41-11-29-51-53(35-41)71-51)36-66-54(58)42-16-24-48(25-17-42)68-56(60)44-12-20-46(21-13-44)64-32-8-4-2-6-30-62-37-40-10-28-50-52(34-40)70-50/h12-27,39-41,50-53H,2-11,28-38H2,1H3. The second-order valence-corrected chi connectivity index (χ2v) is 19.2. The summed E-state index contributed by atoms with van der Waals surface area (Å²) in [5.74, 6) is 0.791. The smallest absolute Gasteiger partial charge is 0.343 e. The van der Waals surface area contributed by atoms with Gasteiger partial charge in [0.25, 0.3) is 0 Å². The van der Waals surface area contributed by atoms with Gasteiger partial charge in [0.05, 0.1) is 59.9 Å². The number of esters is 4. The van der Waals surface area contributed by atoms with Gasteiger partial charge >= 0.3 is 23.9 Å². The normalized spacial score (nSPS) is 21.1. The maximum absolute atomic E-state index is 12.8. The molecule has 71 heavy (non-hydrogen) atoms. The van der Waals surface area contributed by atoms with Crippen molar-refractivity contribution in [1.29, 1.82) is 0 Å². The first kappa shape index (κ1) is 51.6. The highest BCUT2D eigenvalue weighted by atomic mass is 16.6. The molecule has 8 rings (SSSR count). The molecule has 0 bridgehead atoms. The van der Waals surface area contributed by atoms with Crippen molar-refractivity contribution in [2.24, 2.45) is 11.8 Å². The fraction of sp³-hybridized carbons (Fsp3) is 0.509. The predicted molar refractivity (Wildman–Crippen MR) is 262 cm³/mol. The summed E-state index contributed by atoms with van der Waals surface area (Å²) in [6, 6.07) is 25.5. The summed E-state index contributed by atoms with van der Waals surface area (Å²) in [7, 11) is 0. The number of fused-ring (bicyclic) bond motifs is 2.